The molecule has 154 valence electrons. The van der Waals surface area contributed by atoms with Gasteiger partial charge in [0.05, 0.1) is 5.57 Å². The van der Waals surface area contributed by atoms with Crippen LogP contribution in [0.1, 0.15) is 22.0 Å². The first-order valence-electron chi connectivity index (χ1n) is 9.64. The van der Waals surface area contributed by atoms with Crippen LogP contribution in [0.4, 0.5) is 10.1 Å². The van der Waals surface area contributed by atoms with Crippen molar-refractivity contribution in [3.05, 3.63) is 93.6 Å². The molecule has 4 aromatic rings. The number of aromatic amines is 1. The molecule has 7 heteroatoms. The van der Waals surface area contributed by atoms with Gasteiger partial charge < -0.3 is 10.1 Å². The van der Waals surface area contributed by atoms with Gasteiger partial charge in [0.25, 0.3) is 11.7 Å². The minimum Gasteiger partial charge on any atom is -0.507 e. The van der Waals surface area contributed by atoms with E-state index >= 15 is 0 Å². The average Bonchev–Trinajstić information content (AvgIpc) is 3.45. The summed E-state index contributed by atoms with van der Waals surface area (Å²) in [5.41, 5.74) is 2.56. The molecule has 2 aromatic carbocycles. The molecule has 5 nitrogen and oxygen atoms in total. The molecule has 3 heterocycles. The molecule has 5 rings (SSSR count). The molecule has 1 fully saturated rings. The monoisotopic (exact) mass is 432 g/mol. The number of ketones is 1. The van der Waals surface area contributed by atoms with E-state index in [1.165, 1.54) is 40.5 Å². The molecule has 0 aliphatic carbocycles. The van der Waals surface area contributed by atoms with Crippen molar-refractivity contribution in [1.82, 2.24) is 4.98 Å². The van der Waals surface area contributed by atoms with Gasteiger partial charge in [-0.25, -0.2) is 4.39 Å². The van der Waals surface area contributed by atoms with Crippen LogP contribution in [-0.4, -0.2) is 21.8 Å². The molecule has 1 saturated heterocycles. The van der Waals surface area contributed by atoms with Crippen LogP contribution in [-0.2, 0) is 9.59 Å². The lowest BCUT2D eigenvalue weighted by Gasteiger charge is -2.25. The lowest BCUT2D eigenvalue weighted by molar-refractivity contribution is -0.132. The molecule has 1 aliphatic rings. The number of thiophene rings is 1. The van der Waals surface area contributed by atoms with Gasteiger partial charge in [-0.15, -0.1) is 11.3 Å². The van der Waals surface area contributed by atoms with Crippen LogP contribution < -0.4 is 4.90 Å². The summed E-state index contributed by atoms with van der Waals surface area (Å²) in [6, 6.07) is 13.9. The maximum absolute atomic E-state index is 13.5. The van der Waals surface area contributed by atoms with E-state index in [1.54, 1.807) is 6.20 Å². The third kappa shape index (κ3) is 2.97. The number of nitrogens with zero attached hydrogens (tertiary/aromatic N) is 1. The maximum Gasteiger partial charge on any atom is 0.300 e. The summed E-state index contributed by atoms with van der Waals surface area (Å²) in [7, 11) is 0. The minimum atomic E-state index is -0.806. The molecule has 0 bridgehead atoms. The first-order chi connectivity index (χ1) is 15.0. The number of fused-ring (bicyclic) bond motifs is 1. The highest BCUT2D eigenvalue weighted by molar-refractivity contribution is 7.10. The molecule has 2 aromatic heterocycles. The molecule has 31 heavy (non-hydrogen) atoms. The number of nitrogens with one attached hydrogen (secondary N) is 1. The Balaban J connectivity index is 1.76. The Kier molecular flexibility index (Phi) is 4.48. The predicted molar refractivity (Wildman–Crippen MR) is 119 cm³/mol. The van der Waals surface area contributed by atoms with Crippen LogP contribution >= 0.6 is 11.3 Å². The Morgan fingerprint density at radius 3 is 2.55 bits per heavy atom. The number of carbonyl (C=O) groups is 2. The number of aliphatic hydroxyl groups excluding tert-OH is 1. The van der Waals surface area contributed by atoms with Gasteiger partial charge in [0, 0.05) is 33.2 Å². The molecule has 1 amide bonds. The number of H-pyrrole nitrogens is 1. The van der Waals surface area contributed by atoms with E-state index < -0.39 is 23.5 Å². The molecule has 1 aliphatic heterocycles. The Morgan fingerprint density at radius 1 is 1.10 bits per heavy atom. The second-order valence-electron chi connectivity index (χ2n) is 7.36. The van der Waals surface area contributed by atoms with Crippen molar-refractivity contribution in [3.63, 3.8) is 0 Å². The third-order valence-corrected chi connectivity index (χ3v) is 6.61. The highest BCUT2D eigenvalue weighted by atomic mass is 32.1. The van der Waals surface area contributed by atoms with E-state index in [1.807, 2.05) is 42.6 Å². The van der Waals surface area contributed by atoms with Gasteiger partial charge in [-0.2, -0.15) is 0 Å². The summed E-state index contributed by atoms with van der Waals surface area (Å²) in [4.78, 5) is 31.4. The van der Waals surface area contributed by atoms with Gasteiger partial charge in [-0.1, -0.05) is 18.2 Å². The van der Waals surface area contributed by atoms with E-state index in [-0.39, 0.29) is 11.3 Å². The van der Waals surface area contributed by atoms with Gasteiger partial charge in [-0.05, 0) is 54.3 Å². The van der Waals surface area contributed by atoms with Crippen LogP contribution in [0.25, 0.3) is 16.7 Å². The molecule has 0 radical (unpaired) electrons. The Hall–Kier alpha value is -3.71. The third-order valence-electron chi connectivity index (χ3n) is 5.54. The number of halogens is 1. The molecular weight excluding hydrogens is 415 g/mol. The molecule has 1 atom stereocenters. The zero-order valence-electron chi connectivity index (χ0n) is 16.4. The summed E-state index contributed by atoms with van der Waals surface area (Å²) < 4.78 is 13.5. The predicted octanol–water partition coefficient (Wildman–Crippen LogP) is 5.30. The van der Waals surface area contributed by atoms with Crippen LogP contribution in [0, 0.1) is 12.7 Å². The van der Waals surface area contributed by atoms with E-state index in [0.717, 1.165) is 21.3 Å². The van der Waals surface area contributed by atoms with E-state index in [4.69, 9.17) is 0 Å². The highest BCUT2D eigenvalue weighted by Crippen LogP contribution is 2.45. The Bertz CT molecular complexity index is 1370. The van der Waals surface area contributed by atoms with E-state index in [0.29, 0.717) is 11.3 Å². The number of carbonyl (C=O) groups excluding carboxylic acids is 2. The number of anilines is 1. The van der Waals surface area contributed by atoms with Crippen molar-refractivity contribution in [1.29, 1.82) is 0 Å². The summed E-state index contributed by atoms with van der Waals surface area (Å²) in [5, 5.41) is 13.9. The number of amides is 1. The quantitative estimate of drug-likeness (QED) is 0.262. The lowest BCUT2D eigenvalue weighted by Crippen LogP contribution is -2.29. The summed E-state index contributed by atoms with van der Waals surface area (Å²) >= 11 is 1.40. The number of hydrogen-bond donors (Lipinski definition) is 2. The largest absolute Gasteiger partial charge is 0.507 e. The van der Waals surface area contributed by atoms with Crippen molar-refractivity contribution in [2.75, 3.05) is 4.90 Å². The Morgan fingerprint density at radius 2 is 1.84 bits per heavy atom. The number of para-hydroxylation sites is 1. The first-order valence-corrected chi connectivity index (χ1v) is 10.5. The molecular formula is C24H17FN2O3S. The second kappa shape index (κ2) is 7.21. The number of aromatic nitrogens is 1. The summed E-state index contributed by atoms with van der Waals surface area (Å²) in [6.45, 7) is 1.89. The van der Waals surface area contributed by atoms with Crippen LogP contribution in [0.3, 0.4) is 0 Å². The van der Waals surface area contributed by atoms with Gasteiger partial charge in [0.15, 0.2) is 0 Å². The maximum atomic E-state index is 13.5. The fourth-order valence-corrected chi connectivity index (χ4v) is 5.05. The highest BCUT2D eigenvalue weighted by Gasteiger charge is 2.48. The molecule has 1 unspecified atom stereocenters. The smallest absolute Gasteiger partial charge is 0.300 e. The second-order valence-corrected chi connectivity index (χ2v) is 8.31. The van der Waals surface area contributed by atoms with Crippen molar-refractivity contribution in [2.45, 2.75) is 13.0 Å². The number of rotatable bonds is 3. The summed E-state index contributed by atoms with van der Waals surface area (Å²) in [5.74, 6) is -2.21. The van der Waals surface area contributed by atoms with Crippen molar-refractivity contribution in [2.24, 2.45) is 0 Å². The van der Waals surface area contributed by atoms with Gasteiger partial charge in [0.1, 0.15) is 17.6 Å². The first kappa shape index (κ1) is 19.3. The van der Waals surface area contributed by atoms with E-state index in [9.17, 15) is 19.1 Å². The topological polar surface area (TPSA) is 73.4 Å². The minimum absolute atomic E-state index is 0.0182. The van der Waals surface area contributed by atoms with E-state index in [2.05, 4.69) is 4.98 Å². The fraction of sp³-hybridized carbons (Fsp3) is 0.0833. The number of Topliss-reactive ketones (excluding diaryl/α,β-unsaturated/α-hetero) is 1. The molecule has 0 saturated carbocycles. The van der Waals surface area contributed by atoms with Gasteiger partial charge >= 0.3 is 0 Å². The molecule has 2 N–H and O–H groups in total. The number of hydrogen-bond acceptors (Lipinski definition) is 4. The van der Waals surface area contributed by atoms with Crippen LogP contribution in [0.2, 0.25) is 0 Å². The van der Waals surface area contributed by atoms with Gasteiger partial charge in [-0.3, -0.25) is 14.5 Å². The van der Waals surface area contributed by atoms with Crippen LogP contribution in [0.5, 0.6) is 0 Å². The zero-order chi connectivity index (χ0) is 21.7. The molecule has 0 spiro atoms. The standard InChI is InChI=1S/C24H17FN2O3S/c1-13-10-11-31-23(13)20-19(21(28)17-12-26-18-5-3-2-4-16(17)18)22(29)24(30)27(20)15-8-6-14(25)7-9-15/h2-12,20,26,28H,1H3/b21-19+. The van der Waals surface area contributed by atoms with Crippen molar-refractivity contribution >= 4 is 45.4 Å². The average molecular weight is 432 g/mol. The summed E-state index contributed by atoms with van der Waals surface area (Å²) in [6.07, 6.45) is 1.63. The number of benzene rings is 2. The fourth-order valence-electron chi connectivity index (χ4n) is 4.03. The Labute approximate surface area is 181 Å². The van der Waals surface area contributed by atoms with Crippen LogP contribution in [0.15, 0.2) is 71.7 Å². The number of aliphatic hydroxyl groups is 1. The zero-order valence-corrected chi connectivity index (χ0v) is 17.2. The number of aryl methyl sites for hydroxylation is 1. The SMILES string of the molecule is Cc1ccsc1C1/C(=C(\O)c2c[nH]c3ccccc23)C(=O)C(=O)N1c1ccc(F)cc1. The van der Waals surface area contributed by atoms with Crippen molar-refractivity contribution < 1.29 is 19.1 Å². The van der Waals surface area contributed by atoms with Gasteiger partial charge in [0.2, 0.25) is 0 Å². The lowest BCUT2D eigenvalue weighted by atomic mass is 9.98. The normalized spacial score (nSPS) is 18.3. The van der Waals surface area contributed by atoms with Crippen molar-refractivity contribution in [3.8, 4) is 0 Å².